The summed E-state index contributed by atoms with van der Waals surface area (Å²) < 4.78 is 0. The zero-order valence-electron chi connectivity index (χ0n) is 11.5. The molecule has 2 nitrogen and oxygen atoms in total. The second kappa shape index (κ2) is 8.49. The second-order valence-electron chi connectivity index (χ2n) is 4.67. The van der Waals surface area contributed by atoms with Crippen molar-refractivity contribution in [1.82, 2.24) is 0 Å². The zero-order chi connectivity index (χ0) is 14.3. The SMILES string of the molecule is CCCCC(CC)CSc1ccc(Cl)c(C(=O)O)c1. The van der Waals surface area contributed by atoms with E-state index in [1.165, 1.54) is 25.7 Å². The largest absolute Gasteiger partial charge is 0.478 e. The Bertz CT molecular complexity index is 421. The topological polar surface area (TPSA) is 37.3 Å². The van der Waals surface area contributed by atoms with Crippen molar-refractivity contribution in [3.63, 3.8) is 0 Å². The maximum atomic E-state index is 11.0. The Balaban J connectivity index is 2.61. The number of hydrogen-bond donors (Lipinski definition) is 1. The third-order valence-electron chi connectivity index (χ3n) is 3.20. The lowest BCUT2D eigenvalue weighted by Gasteiger charge is -2.14. The molecule has 1 aromatic rings. The van der Waals surface area contributed by atoms with Crippen molar-refractivity contribution >= 4 is 29.3 Å². The van der Waals surface area contributed by atoms with Gasteiger partial charge < -0.3 is 5.11 Å². The predicted octanol–water partition coefficient (Wildman–Crippen LogP) is 5.35. The van der Waals surface area contributed by atoms with Crippen molar-refractivity contribution in [2.75, 3.05) is 5.75 Å². The van der Waals surface area contributed by atoms with Gasteiger partial charge in [0.05, 0.1) is 10.6 Å². The number of carbonyl (C=O) groups is 1. The van der Waals surface area contributed by atoms with Crippen LogP contribution < -0.4 is 0 Å². The molecule has 19 heavy (non-hydrogen) atoms. The smallest absolute Gasteiger partial charge is 0.337 e. The van der Waals surface area contributed by atoms with Gasteiger partial charge in [0, 0.05) is 10.6 Å². The quantitative estimate of drug-likeness (QED) is 0.658. The Morgan fingerprint density at radius 2 is 2.16 bits per heavy atom. The number of rotatable bonds is 8. The summed E-state index contributed by atoms with van der Waals surface area (Å²) in [4.78, 5) is 12.0. The Hall–Kier alpha value is -0.670. The van der Waals surface area contributed by atoms with E-state index in [1.54, 1.807) is 23.9 Å². The highest BCUT2D eigenvalue weighted by Gasteiger charge is 2.11. The summed E-state index contributed by atoms with van der Waals surface area (Å²) in [6, 6.07) is 5.23. The maximum Gasteiger partial charge on any atom is 0.337 e. The van der Waals surface area contributed by atoms with Crippen LogP contribution >= 0.6 is 23.4 Å². The van der Waals surface area contributed by atoms with Gasteiger partial charge in [-0.2, -0.15) is 0 Å². The fourth-order valence-corrected chi connectivity index (χ4v) is 3.26. The molecular formula is C15H21ClO2S. The molecule has 1 unspecified atom stereocenters. The number of halogens is 1. The van der Waals surface area contributed by atoms with Crippen LogP contribution in [0.4, 0.5) is 0 Å². The predicted molar refractivity (Wildman–Crippen MR) is 82.4 cm³/mol. The fourth-order valence-electron chi connectivity index (χ4n) is 1.87. The van der Waals surface area contributed by atoms with E-state index in [1.807, 2.05) is 6.07 Å². The zero-order valence-corrected chi connectivity index (χ0v) is 13.1. The lowest BCUT2D eigenvalue weighted by Crippen LogP contribution is -2.02. The summed E-state index contributed by atoms with van der Waals surface area (Å²) in [6.45, 7) is 4.42. The standard InChI is InChI=1S/C15H21ClO2S/c1-3-5-6-11(4-2)10-19-12-7-8-14(16)13(9-12)15(17)18/h7-9,11H,3-6,10H2,1-2H3,(H,17,18). The van der Waals surface area contributed by atoms with Crippen LogP contribution in [0, 0.1) is 5.92 Å². The number of carboxylic acid groups (broad SMARTS) is 1. The summed E-state index contributed by atoms with van der Waals surface area (Å²) >= 11 is 7.58. The number of aromatic carboxylic acids is 1. The third-order valence-corrected chi connectivity index (χ3v) is 4.75. The second-order valence-corrected chi connectivity index (χ2v) is 6.17. The molecule has 0 aliphatic carbocycles. The highest BCUT2D eigenvalue weighted by atomic mass is 35.5. The molecule has 0 aliphatic heterocycles. The Morgan fingerprint density at radius 3 is 2.74 bits per heavy atom. The molecule has 1 rings (SSSR count). The lowest BCUT2D eigenvalue weighted by molar-refractivity contribution is 0.0697. The first kappa shape index (κ1) is 16.4. The molecule has 0 saturated heterocycles. The van der Waals surface area contributed by atoms with Crippen LogP contribution in [-0.2, 0) is 0 Å². The molecule has 1 atom stereocenters. The monoisotopic (exact) mass is 300 g/mol. The number of hydrogen-bond acceptors (Lipinski definition) is 2. The Kier molecular flexibility index (Phi) is 7.32. The van der Waals surface area contributed by atoms with E-state index >= 15 is 0 Å². The van der Waals surface area contributed by atoms with Gasteiger partial charge in [0.25, 0.3) is 0 Å². The van der Waals surface area contributed by atoms with Crippen molar-refractivity contribution in [3.05, 3.63) is 28.8 Å². The minimum atomic E-state index is -0.967. The molecule has 0 heterocycles. The molecule has 0 fully saturated rings. The normalized spacial score (nSPS) is 12.4. The first-order valence-electron chi connectivity index (χ1n) is 6.74. The average molecular weight is 301 g/mol. The van der Waals surface area contributed by atoms with Crippen LogP contribution in [0.3, 0.4) is 0 Å². The van der Waals surface area contributed by atoms with Crippen LogP contribution in [0.5, 0.6) is 0 Å². The van der Waals surface area contributed by atoms with Crippen molar-refractivity contribution in [2.45, 2.75) is 44.4 Å². The first-order valence-corrected chi connectivity index (χ1v) is 8.10. The molecule has 0 aromatic heterocycles. The number of benzene rings is 1. The van der Waals surface area contributed by atoms with Crippen LogP contribution in [-0.4, -0.2) is 16.8 Å². The highest BCUT2D eigenvalue weighted by molar-refractivity contribution is 7.99. The molecule has 1 aromatic carbocycles. The molecule has 0 radical (unpaired) electrons. The van der Waals surface area contributed by atoms with Gasteiger partial charge in [-0.25, -0.2) is 4.79 Å². The Morgan fingerprint density at radius 1 is 1.42 bits per heavy atom. The van der Waals surface area contributed by atoms with Crippen molar-refractivity contribution < 1.29 is 9.90 Å². The third kappa shape index (κ3) is 5.45. The summed E-state index contributed by atoms with van der Waals surface area (Å²) in [5.74, 6) is 0.774. The van der Waals surface area contributed by atoms with Crippen LogP contribution in [0.1, 0.15) is 49.9 Å². The molecule has 0 aliphatic rings. The van der Waals surface area contributed by atoms with E-state index in [2.05, 4.69) is 13.8 Å². The van der Waals surface area contributed by atoms with Gasteiger partial charge in [-0.15, -0.1) is 11.8 Å². The first-order chi connectivity index (χ1) is 9.08. The van der Waals surface area contributed by atoms with Crippen molar-refractivity contribution in [1.29, 1.82) is 0 Å². The summed E-state index contributed by atoms with van der Waals surface area (Å²) in [5.41, 5.74) is 0.188. The lowest BCUT2D eigenvalue weighted by atomic mass is 10.0. The van der Waals surface area contributed by atoms with Crippen molar-refractivity contribution in [2.24, 2.45) is 5.92 Å². The molecule has 0 bridgehead atoms. The van der Waals surface area contributed by atoms with Gasteiger partial charge in [0.2, 0.25) is 0 Å². The Labute approximate surface area is 124 Å². The van der Waals surface area contributed by atoms with Gasteiger partial charge in [-0.3, -0.25) is 0 Å². The van der Waals surface area contributed by atoms with E-state index < -0.39 is 5.97 Å². The van der Waals surface area contributed by atoms with E-state index in [4.69, 9.17) is 16.7 Å². The maximum absolute atomic E-state index is 11.0. The van der Waals surface area contributed by atoms with E-state index in [-0.39, 0.29) is 5.56 Å². The number of carboxylic acids is 1. The minimum absolute atomic E-state index is 0.188. The fraction of sp³-hybridized carbons (Fsp3) is 0.533. The van der Waals surface area contributed by atoms with E-state index in [0.717, 1.165) is 10.6 Å². The van der Waals surface area contributed by atoms with E-state index in [0.29, 0.717) is 10.9 Å². The van der Waals surface area contributed by atoms with Gasteiger partial charge in [0.1, 0.15) is 0 Å². The van der Waals surface area contributed by atoms with Crippen molar-refractivity contribution in [3.8, 4) is 0 Å². The molecule has 0 spiro atoms. The van der Waals surface area contributed by atoms with Crippen LogP contribution in [0.15, 0.2) is 23.1 Å². The van der Waals surface area contributed by atoms with Crippen LogP contribution in [0.25, 0.3) is 0 Å². The average Bonchev–Trinajstić information content (AvgIpc) is 2.40. The minimum Gasteiger partial charge on any atom is -0.478 e. The molecule has 106 valence electrons. The van der Waals surface area contributed by atoms with Crippen LogP contribution in [0.2, 0.25) is 5.02 Å². The molecular weight excluding hydrogens is 280 g/mol. The number of thioether (sulfide) groups is 1. The molecule has 4 heteroatoms. The van der Waals surface area contributed by atoms with Gasteiger partial charge in [0.15, 0.2) is 0 Å². The summed E-state index contributed by atoms with van der Waals surface area (Å²) in [7, 11) is 0. The van der Waals surface area contributed by atoms with Gasteiger partial charge in [-0.1, -0.05) is 44.7 Å². The molecule has 0 saturated carbocycles. The highest BCUT2D eigenvalue weighted by Crippen LogP contribution is 2.28. The summed E-state index contributed by atoms with van der Waals surface area (Å²) in [5, 5.41) is 9.34. The number of unbranched alkanes of at least 4 members (excludes halogenated alkanes) is 1. The molecule has 0 amide bonds. The van der Waals surface area contributed by atoms with Gasteiger partial charge in [-0.05, 0) is 30.5 Å². The van der Waals surface area contributed by atoms with E-state index in [9.17, 15) is 4.79 Å². The summed E-state index contributed by atoms with van der Waals surface area (Å²) in [6.07, 6.45) is 4.91. The molecule has 1 N–H and O–H groups in total. The van der Waals surface area contributed by atoms with Gasteiger partial charge >= 0.3 is 5.97 Å².